The molecule has 0 aromatic heterocycles. The second-order valence-corrected chi connectivity index (χ2v) is 17.5. The van der Waals surface area contributed by atoms with Crippen LogP contribution in [-0.2, 0) is 0 Å². The lowest BCUT2D eigenvalue weighted by molar-refractivity contribution is 0.365. The Morgan fingerprint density at radius 2 is 1.34 bits per heavy atom. The molecule has 11 rings (SSSR count). The molecular formula is C56H54N2. The molecule has 2 heteroatoms. The van der Waals surface area contributed by atoms with Crippen LogP contribution in [0.25, 0.3) is 23.3 Å². The molecule has 5 atom stereocenters. The number of rotatable bonds is 7. The summed E-state index contributed by atoms with van der Waals surface area (Å²) < 4.78 is 0. The second kappa shape index (κ2) is 15.3. The number of hydrogen-bond donors (Lipinski definition) is 0. The fraction of sp³-hybridized carbons (Fsp3) is 0.286. The molecule has 4 aromatic carbocycles. The molecule has 1 heterocycles. The number of para-hydroxylation sites is 1. The summed E-state index contributed by atoms with van der Waals surface area (Å²) in [7, 11) is 0. The van der Waals surface area contributed by atoms with Crippen LogP contribution in [0.2, 0.25) is 0 Å². The van der Waals surface area contributed by atoms with Crippen molar-refractivity contribution in [3.8, 4) is 0 Å². The van der Waals surface area contributed by atoms with Gasteiger partial charge in [0.2, 0.25) is 0 Å². The molecule has 0 fully saturated rings. The van der Waals surface area contributed by atoms with Crippen LogP contribution < -0.4 is 20.2 Å². The van der Waals surface area contributed by atoms with E-state index >= 15 is 0 Å². The van der Waals surface area contributed by atoms with E-state index in [0.717, 1.165) is 44.9 Å². The Balaban J connectivity index is 0.890. The summed E-state index contributed by atoms with van der Waals surface area (Å²) in [5.74, 6) is 1.52. The zero-order valence-electron chi connectivity index (χ0n) is 33.6. The minimum atomic E-state index is 0.308. The van der Waals surface area contributed by atoms with Gasteiger partial charge in [0, 0.05) is 28.7 Å². The van der Waals surface area contributed by atoms with Gasteiger partial charge in [-0.2, -0.15) is 0 Å². The van der Waals surface area contributed by atoms with E-state index in [2.05, 4.69) is 174 Å². The van der Waals surface area contributed by atoms with Crippen LogP contribution in [0.3, 0.4) is 0 Å². The van der Waals surface area contributed by atoms with E-state index in [1.165, 1.54) is 92.3 Å². The summed E-state index contributed by atoms with van der Waals surface area (Å²) in [5, 5.41) is 2.74. The van der Waals surface area contributed by atoms with Crippen LogP contribution >= 0.6 is 0 Å². The normalized spacial score (nSPS) is 25.6. The quantitative estimate of drug-likeness (QED) is 0.173. The molecule has 0 bridgehead atoms. The van der Waals surface area contributed by atoms with Crippen LogP contribution in [0.1, 0.15) is 93.2 Å². The molecule has 1 aliphatic heterocycles. The number of hydrogen-bond acceptors (Lipinski definition) is 2. The fourth-order valence-corrected chi connectivity index (χ4v) is 11.3. The monoisotopic (exact) mass is 754 g/mol. The van der Waals surface area contributed by atoms with Crippen molar-refractivity contribution in [1.82, 2.24) is 0 Å². The third kappa shape index (κ3) is 6.51. The minimum Gasteiger partial charge on any atom is -0.337 e. The molecule has 0 amide bonds. The number of anilines is 3. The third-order valence-corrected chi connectivity index (χ3v) is 14.2. The molecule has 2 nitrogen and oxygen atoms in total. The summed E-state index contributed by atoms with van der Waals surface area (Å²) >= 11 is 0. The van der Waals surface area contributed by atoms with E-state index in [0.29, 0.717) is 29.8 Å². The number of nitrogens with zero attached hydrogens (tertiary/aromatic N) is 2. The van der Waals surface area contributed by atoms with E-state index in [1.807, 2.05) is 0 Å². The van der Waals surface area contributed by atoms with Crippen molar-refractivity contribution >= 4 is 40.4 Å². The molecule has 0 saturated heterocycles. The van der Waals surface area contributed by atoms with Gasteiger partial charge in [-0.25, -0.2) is 0 Å². The largest absolute Gasteiger partial charge is 0.337 e. The molecule has 0 radical (unpaired) electrons. The maximum absolute atomic E-state index is 2.72. The van der Waals surface area contributed by atoms with Gasteiger partial charge in [-0.3, -0.25) is 0 Å². The molecule has 6 aliphatic carbocycles. The second-order valence-electron chi connectivity index (χ2n) is 17.5. The topological polar surface area (TPSA) is 6.48 Å². The highest BCUT2D eigenvalue weighted by Gasteiger charge is 2.40. The Bertz CT molecular complexity index is 2570. The van der Waals surface area contributed by atoms with Crippen molar-refractivity contribution in [1.29, 1.82) is 0 Å². The third-order valence-electron chi connectivity index (χ3n) is 14.2. The predicted molar refractivity (Wildman–Crippen MR) is 245 cm³/mol. The Morgan fingerprint density at radius 1 is 0.586 bits per heavy atom. The van der Waals surface area contributed by atoms with Gasteiger partial charge in [-0.1, -0.05) is 134 Å². The van der Waals surface area contributed by atoms with Crippen LogP contribution in [0.4, 0.5) is 17.1 Å². The van der Waals surface area contributed by atoms with Gasteiger partial charge in [0.15, 0.2) is 0 Å². The van der Waals surface area contributed by atoms with Gasteiger partial charge in [0.1, 0.15) is 0 Å². The highest BCUT2D eigenvalue weighted by molar-refractivity contribution is 5.79. The van der Waals surface area contributed by atoms with Crippen LogP contribution in [-0.4, -0.2) is 12.1 Å². The molecule has 4 aromatic rings. The molecule has 0 saturated carbocycles. The minimum absolute atomic E-state index is 0.308. The first-order chi connectivity index (χ1) is 28.7. The van der Waals surface area contributed by atoms with E-state index in [-0.39, 0.29) is 0 Å². The molecule has 288 valence electrons. The van der Waals surface area contributed by atoms with Crippen molar-refractivity contribution in [2.45, 2.75) is 88.6 Å². The number of benzene rings is 4. The number of allylic oxidation sites excluding steroid dienone is 13. The lowest BCUT2D eigenvalue weighted by atomic mass is 9.77. The van der Waals surface area contributed by atoms with Crippen molar-refractivity contribution < 1.29 is 0 Å². The molecular weight excluding hydrogens is 701 g/mol. The zero-order chi connectivity index (χ0) is 38.4. The van der Waals surface area contributed by atoms with Crippen LogP contribution in [0.5, 0.6) is 0 Å². The highest BCUT2D eigenvalue weighted by Crippen LogP contribution is 2.48. The van der Waals surface area contributed by atoms with Crippen molar-refractivity contribution in [3.05, 3.63) is 196 Å². The molecule has 7 aliphatic rings. The average molecular weight is 755 g/mol. The maximum Gasteiger partial charge on any atom is 0.0632 e. The van der Waals surface area contributed by atoms with Crippen molar-refractivity contribution in [2.75, 3.05) is 9.80 Å². The van der Waals surface area contributed by atoms with Crippen molar-refractivity contribution in [2.24, 2.45) is 11.8 Å². The van der Waals surface area contributed by atoms with Crippen LogP contribution in [0, 0.1) is 11.8 Å². The predicted octanol–water partition coefficient (Wildman–Crippen LogP) is 12.6. The van der Waals surface area contributed by atoms with Crippen LogP contribution in [0.15, 0.2) is 169 Å². The average Bonchev–Trinajstić information content (AvgIpc) is 3.62. The Hall–Kier alpha value is -5.60. The van der Waals surface area contributed by atoms with Gasteiger partial charge in [-0.05, 0) is 162 Å². The van der Waals surface area contributed by atoms with E-state index < -0.39 is 0 Å². The lowest BCUT2D eigenvalue weighted by Crippen LogP contribution is -2.40. The summed E-state index contributed by atoms with van der Waals surface area (Å²) in [6.07, 6.45) is 39.8. The Morgan fingerprint density at radius 3 is 2.14 bits per heavy atom. The smallest absolute Gasteiger partial charge is 0.0632 e. The standard InChI is InChI=1S/C56H54N2/c1-2-12-39(13-3-1)40-24-30-47(31-25-40)57(49-34-28-43(29-35-49)52-22-11-17-42-14-6-7-20-51(42)52)48-32-26-41(27-33-48)44-18-10-19-50(36-44)58-55-23-9-8-21-53(55)54-37-45-15-4-5-16-46(45)38-56(54)58/h1-2,4-5,7-9,12,15-17,20-21,23-26,28-32,34-38,41,44,48,54,56H,3,6,10-11,13-14,18-19,22,27,33H2. The summed E-state index contributed by atoms with van der Waals surface area (Å²) in [6, 6.07) is 37.8. The van der Waals surface area contributed by atoms with Gasteiger partial charge in [0.25, 0.3) is 0 Å². The van der Waals surface area contributed by atoms with Gasteiger partial charge < -0.3 is 9.80 Å². The first kappa shape index (κ1) is 35.6. The lowest BCUT2D eigenvalue weighted by Gasteiger charge is -2.39. The number of fused-ring (bicyclic) bond motifs is 5. The van der Waals surface area contributed by atoms with E-state index in [4.69, 9.17) is 0 Å². The Kier molecular flexibility index (Phi) is 9.37. The first-order valence-corrected chi connectivity index (χ1v) is 22.3. The molecule has 0 N–H and O–H groups in total. The Labute approximate surface area is 345 Å². The molecule has 58 heavy (non-hydrogen) atoms. The van der Waals surface area contributed by atoms with Crippen molar-refractivity contribution in [3.63, 3.8) is 0 Å². The summed E-state index contributed by atoms with van der Waals surface area (Å²) in [6.45, 7) is 0. The molecule has 0 spiro atoms. The first-order valence-electron chi connectivity index (χ1n) is 22.3. The van der Waals surface area contributed by atoms with Gasteiger partial charge in [-0.15, -0.1) is 0 Å². The summed E-state index contributed by atoms with van der Waals surface area (Å²) in [5.41, 5.74) is 15.7. The van der Waals surface area contributed by atoms with Gasteiger partial charge in [0.05, 0.1) is 12.1 Å². The fourth-order valence-electron chi connectivity index (χ4n) is 11.3. The van der Waals surface area contributed by atoms with Gasteiger partial charge >= 0.3 is 0 Å². The maximum atomic E-state index is 2.72. The highest BCUT2D eigenvalue weighted by atomic mass is 15.2. The summed E-state index contributed by atoms with van der Waals surface area (Å²) in [4.78, 5) is 5.34. The van der Waals surface area contributed by atoms with E-state index in [1.54, 1.807) is 5.57 Å². The SMILES string of the molecule is C1=CCCC(c2ccc(N(c3ccc(C4=C5C=CCCC5=CCC4)cc3)C3C=CC(C4C=C(N5c6ccccc6C6C=c7ccccc7=CC65)CCC4)CC3)cc2)=C1. The zero-order valence-corrected chi connectivity index (χ0v) is 33.6. The molecule has 5 unspecified atom stereocenters. The van der Waals surface area contributed by atoms with E-state index in [9.17, 15) is 0 Å².